The van der Waals surface area contributed by atoms with E-state index in [0.717, 1.165) is 18.8 Å². The Balaban J connectivity index is 2.10. The third kappa shape index (κ3) is 3.26. The van der Waals surface area contributed by atoms with Gasteiger partial charge in [0.05, 0.1) is 18.7 Å². The lowest BCUT2D eigenvalue weighted by Gasteiger charge is -2.09. The average molecular weight is 272 g/mol. The molecular formula is C14H16N4O2. The van der Waals surface area contributed by atoms with E-state index >= 15 is 0 Å². The fourth-order valence-electron chi connectivity index (χ4n) is 1.78. The van der Waals surface area contributed by atoms with Gasteiger partial charge in [-0.1, -0.05) is 6.92 Å². The zero-order valence-electron chi connectivity index (χ0n) is 11.5. The molecule has 6 heteroatoms. The largest absolute Gasteiger partial charge is 0.497 e. The van der Waals surface area contributed by atoms with E-state index in [4.69, 9.17) is 14.7 Å². The van der Waals surface area contributed by atoms with Crippen LogP contribution in [0.2, 0.25) is 0 Å². The molecule has 0 spiro atoms. The van der Waals surface area contributed by atoms with Gasteiger partial charge in [0.25, 0.3) is 0 Å². The monoisotopic (exact) mass is 272 g/mol. The predicted octanol–water partition coefficient (Wildman–Crippen LogP) is 2.15. The summed E-state index contributed by atoms with van der Waals surface area (Å²) in [6, 6.07) is 7.14. The van der Waals surface area contributed by atoms with E-state index < -0.39 is 0 Å². The van der Waals surface area contributed by atoms with Crippen molar-refractivity contribution in [3.63, 3.8) is 0 Å². The summed E-state index contributed by atoms with van der Waals surface area (Å²) in [5.41, 5.74) is 0.495. The summed E-state index contributed by atoms with van der Waals surface area (Å²) >= 11 is 0. The van der Waals surface area contributed by atoms with Gasteiger partial charge in [-0.05, 0) is 18.6 Å². The Kier molecular flexibility index (Phi) is 4.56. The van der Waals surface area contributed by atoms with Crippen molar-refractivity contribution in [1.29, 1.82) is 5.26 Å². The molecule has 0 radical (unpaired) electrons. The molecule has 0 fully saturated rings. The van der Waals surface area contributed by atoms with Crippen LogP contribution in [0.3, 0.4) is 0 Å². The topological polar surface area (TPSA) is 73.0 Å². The first-order valence-corrected chi connectivity index (χ1v) is 6.35. The van der Waals surface area contributed by atoms with Crippen LogP contribution in [0.1, 0.15) is 24.7 Å². The molecule has 6 nitrogen and oxygen atoms in total. The van der Waals surface area contributed by atoms with Crippen LogP contribution in [0.5, 0.6) is 11.5 Å². The fraction of sp³-hybridized carbons (Fsp3) is 0.357. The first-order chi connectivity index (χ1) is 9.76. The van der Waals surface area contributed by atoms with E-state index in [9.17, 15) is 0 Å². The van der Waals surface area contributed by atoms with Gasteiger partial charge in [-0.25, -0.2) is 9.67 Å². The maximum absolute atomic E-state index is 8.96. The summed E-state index contributed by atoms with van der Waals surface area (Å²) in [6.07, 6.45) is 2.49. The second-order valence-electron chi connectivity index (χ2n) is 4.20. The molecule has 0 saturated heterocycles. The number of nitriles is 1. The summed E-state index contributed by atoms with van der Waals surface area (Å²) in [6.45, 7) is 3.19. The van der Waals surface area contributed by atoms with Gasteiger partial charge in [0, 0.05) is 12.6 Å². The van der Waals surface area contributed by atoms with Crippen LogP contribution in [-0.4, -0.2) is 21.9 Å². The van der Waals surface area contributed by atoms with Gasteiger partial charge in [0.1, 0.15) is 24.4 Å². The Morgan fingerprint density at radius 2 is 2.10 bits per heavy atom. The first kappa shape index (κ1) is 13.9. The Morgan fingerprint density at radius 1 is 1.30 bits per heavy atom. The number of aryl methyl sites for hydroxylation is 1. The molecule has 2 aromatic rings. The molecule has 0 N–H and O–H groups in total. The van der Waals surface area contributed by atoms with Crippen LogP contribution < -0.4 is 9.47 Å². The lowest BCUT2D eigenvalue weighted by atomic mass is 10.2. The van der Waals surface area contributed by atoms with E-state index in [1.54, 1.807) is 25.3 Å². The highest BCUT2D eigenvalue weighted by Crippen LogP contribution is 2.22. The summed E-state index contributed by atoms with van der Waals surface area (Å²) < 4.78 is 12.6. The molecule has 0 bridgehead atoms. The minimum absolute atomic E-state index is 0.304. The standard InChI is InChI=1S/C14H16N4O2/c1-3-4-18-14(16-10-17-18)9-20-13-6-11(8-15)5-12(7-13)19-2/h5-7,10H,3-4,9H2,1-2H3. The van der Waals surface area contributed by atoms with Gasteiger partial charge < -0.3 is 9.47 Å². The van der Waals surface area contributed by atoms with E-state index in [-0.39, 0.29) is 0 Å². The number of hydrogen-bond donors (Lipinski definition) is 0. The van der Waals surface area contributed by atoms with E-state index in [0.29, 0.717) is 23.7 Å². The molecule has 104 valence electrons. The van der Waals surface area contributed by atoms with Crippen LogP contribution in [0.25, 0.3) is 0 Å². The Bertz CT molecular complexity index is 616. The smallest absolute Gasteiger partial charge is 0.164 e. The normalized spacial score (nSPS) is 10.1. The summed E-state index contributed by atoms with van der Waals surface area (Å²) in [4.78, 5) is 4.17. The van der Waals surface area contributed by atoms with Gasteiger partial charge in [-0.15, -0.1) is 0 Å². The number of nitrogens with zero attached hydrogens (tertiary/aromatic N) is 4. The van der Waals surface area contributed by atoms with E-state index in [1.807, 2.05) is 4.68 Å². The fourth-order valence-corrected chi connectivity index (χ4v) is 1.78. The molecule has 0 aliphatic heterocycles. The summed E-state index contributed by atoms with van der Waals surface area (Å²) in [5, 5.41) is 13.1. The molecule has 0 aliphatic rings. The van der Waals surface area contributed by atoms with Gasteiger partial charge in [0.15, 0.2) is 5.82 Å². The van der Waals surface area contributed by atoms with Crippen LogP contribution in [0.4, 0.5) is 0 Å². The highest BCUT2D eigenvalue weighted by molar-refractivity contribution is 5.43. The number of aromatic nitrogens is 3. The van der Waals surface area contributed by atoms with E-state index in [2.05, 4.69) is 23.1 Å². The van der Waals surface area contributed by atoms with Crippen molar-refractivity contribution in [3.05, 3.63) is 35.9 Å². The van der Waals surface area contributed by atoms with Crippen LogP contribution in [0.15, 0.2) is 24.5 Å². The van der Waals surface area contributed by atoms with Gasteiger partial charge in [-0.2, -0.15) is 10.4 Å². The van der Waals surface area contributed by atoms with Crippen molar-refractivity contribution in [2.75, 3.05) is 7.11 Å². The lowest BCUT2D eigenvalue weighted by molar-refractivity contribution is 0.284. The molecule has 0 saturated carbocycles. The molecule has 0 amide bonds. The van der Waals surface area contributed by atoms with Gasteiger partial charge in [0.2, 0.25) is 0 Å². The van der Waals surface area contributed by atoms with Crippen LogP contribution >= 0.6 is 0 Å². The van der Waals surface area contributed by atoms with Crippen molar-refractivity contribution in [1.82, 2.24) is 14.8 Å². The maximum atomic E-state index is 8.96. The third-order valence-electron chi connectivity index (χ3n) is 2.74. The van der Waals surface area contributed by atoms with Crippen LogP contribution in [0, 0.1) is 11.3 Å². The van der Waals surface area contributed by atoms with Crippen molar-refractivity contribution in [2.24, 2.45) is 0 Å². The number of hydrogen-bond acceptors (Lipinski definition) is 5. The van der Waals surface area contributed by atoms with E-state index in [1.165, 1.54) is 6.33 Å². The molecule has 1 aromatic heterocycles. The molecule has 1 aromatic carbocycles. The Labute approximate surface area is 117 Å². The summed E-state index contributed by atoms with van der Waals surface area (Å²) in [5.74, 6) is 1.93. The second-order valence-corrected chi connectivity index (χ2v) is 4.20. The average Bonchev–Trinajstić information content (AvgIpc) is 2.92. The predicted molar refractivity (Wildman–Crippen MR) is 72.4 cm³/mol. The quantitative estimate of drug-likeness (QED) is 0.805. The highest BCUT2D eigenvalue weighted by atomic mass is 16.5. The molecule has 0 atom stereocenters. The number of ether oxygens (including phenoxy) is 2. The second kappa shape index (κ2) is 6.57. The molecule has 20 heavy (non-hydrogen) atoms. The number of benzene rings is 1. The third-order valence-corrected chi connectivity index (χ3v) is 2.74. The van der Waals surface area contributed by atoms with Crippen molar-refractivity contribution < 1.29 is 9.47 Å². The van der Waals surface area contributed by atoms with Crippen molar-refractivity contribution >= 4 is 0 Å². The molecule has 1 heterocycles. The SMILES string of the molecule is CCCn1ncnc1COc1cc(C#N)cc(OC)c1. The molecule has 0 unspecified atom stereocenters. The first-order valence-electron chi connectivity index (χ1n) is 6.35. The lowest BCUT2D eigenvalue weighted by Crippen LogP contribution is -2.08. The Hall–Kier alpha value is -2.55. The molecular weight excluding hydrogens is 256 g/mol. The Morgan fingerprint density at radius 3 is 2.80 bits per heavy atom. The molecule has 0 aliphatic carbocycles. The van der Waals surface area contributed by atoms with Gasteiger partial charge in [-0.3, -0.25) is 0 Å². The van der Waals surface area contributed by atoms with Gasteiger partial charge >= 0.3 is 0 Å². The minimum atomic E-state index is 0.304. The molecule has 2 rings (SSSR count). The highest BCUT2D eigenvalue weighted by Gasteiger charge is 2.06. The zero-order valence-corrected chi connectivity index (χ0v) is 11.5. The van der Waals surface area contributed by atoms with Crippen molar-refractivity contribution in [3.8, 4) is 17.6 Å². The maximum Gasteiger partial charge on any atom is 0.164 e. The zero-order chi connectivity index (χ0) is 14.4. The van der Waals surface area contributed by atoms with Crippen LogP contribution in [-0.2, 0) is 13.2 Å². The van der Waals surface area contributed by atoms with Crippen molar-refractivity contribution in [2.45, 2.75) is 26.5 Å². The minimum Gasteiger partial charge on any atom is -0.497 e. The number of methoxy groups -OCH3 is 1. The summed E-state index contributed by atoms with van der Waals surface area (Å²) in [7, 11) is 1.55. The number of rotatable bonds is 6.